The lowest BCUT2D eigenvalue weighted by Crippen LogP contribution is -2.30. The first kappa shape index (κ1) is 16.0. The van der Waals surface area contributed by atoms with Crippen molar-refractivity contribution in [3.05, 3.63) is 47.5 Å². The fraction of sp³-hybridized carbons (Fsp3) is 0.333. The van der Waals surface area contributed by atoms with Crippen LogP contribution in [0.5, 0.6) is 0 Å². The Morgan fingerprint density at radius 3 is 3.00 bits per heavy atom. The SMILES string of the molecule is Cc1cc(CNc2cnn(CC(=O)NCCO)c2)ccc1F. The minimum atomic E-state index is -0.217. The van der Waals surface area contributed by atoms with Gasteiger partial charge in [0.25, 0.3) is 0 Å². The van der Waals surface area contributed by atoms with Crippen LogP contribution in [0.15, 0.2) is 30.6 Å². The molecule has 2 aromatic rings. The van der Waals surface area contributed by atoms with Gasteiger partial charge in [-0.05, 0) is 24.1 Å². The number of aliphatic hydroxyl groups excluding tert-OH is 1. The number of hydrogen-bond donors (Lipinski definition) is 3. The van der Waals surface area contributed by atoms with Crippen molar-refractivity contribution in [1.82, 2.24) is 15.1 Å². The van der Waals surface area contributed by atoms with Gasteiger partial charge in [-0.1, -0.05) is 12.1 Å². The molecule has 1 amide bonds. The number of hydrogen-bond acceptors (Lipinski definition) is 4. The third kappa shape index (κ3) is 4.56. The predicted molar refractivity (Wildman–Crippen MR) is 80.8 cm³/mol. The normalized spacial score (nSPS) is 10.5. The summed E-state index contributed by atoms with van der Waals surface area (Å²) in [4.78, 5) is 11.5. The molecule has 0 atom stereocenters. The average Bonchev–Trinajstić information content (AvgIpc) is 2.94. The minimum absolute atomic E-state index is 0.0886. The lowest BCUT2D eigenvalue weighted by atomic mass is 10.1. The maximum atomic E-state index is 13.2. The van der Waals surface area contributed by atoms with Gasteiger partial charge in [0.05, 0.1) is 18.5 Å². The van der Waals surface area contributed by atoms with E-state index in [0.29, 0.717) is 12.1 Å². The summed E-state index contributed by atoms with van der Waals surface area (Å²) in [6.07, 6.45) is 3.34. The van der Waals surface area contributed by atoms with Gasteiger partial charge in [0, 0.05) is 19.3 Å². The van der Waals surface area contributed by atoms with Crippen LogP contribution < -0.4 is 10.6 Å². The molecule has 0 aliphatic carbocycles. The quantitative estimate of drug-likeness (QED) is 0.714. The Bertz CT molecular complexity index is 642. The Morgan fingerprint density at radius 1 is 1.45 bits per heavy atom. The molecule has 0 radical (unpaired) electrons. The van der Waals surface area contributed by atoms with Gasteiger partial charge in [0.15, 0.2) is 0 Å². The molecule has 0 unspecified atom stereocenters. The molecule has 7 heteroatoms. The molecule has 0 fully saturated rings. The molecule has 0 bridgehead atoms. The van der Waals surface area contributed by atoms with Crippen molar-refractivity contribution in [2.24, 2.45) is 0 Å². The molecule has 6 nitrogen and oxygen atoms in total. The molecule has 2 rings (SSSR count). The van der Waals surface area contributed by atoms with E-state index in [1.807, 2.05) is 0 Å². The van der Waals surface area contributed by atoms with Gasteiger partial charge >= 0.3 is 0 Å². The molecule has 0 spiro atoms. The molecule has 0 saturated heterocycles. The molecular formula is C15H19FN4O2. The van der Waals surface area contributed by atoms with Gasteiger partial charge in [-0.3, -0.25) is 9.48 Å². The summed E-state index contributed by atoms with van der Waals surface area (Å²) >= 11 is 0. The van der Waals surface area contributed by atoms with Gasteiger partial charge in [0.1, 0.15) is 12.4 Å². The number of amides is 1. The molecule has 1 aromatic heterocycles. The van der Waals surface area contributed by atoms with Crippen LogP contribution in [0.3, 0.4) is 0 Å². The van der Waals surface area contributed by atoms with Gasteiger partial charge in [-0.25, -0.2) is 4.39 Å². The number of anilines is 1. The van der Waals surface area contributed by atoms with E-state index in [2.05, 4.69) is 15.7 Å². The van der Waals surface area contributed by atoms with Crippen molar-refractivity contribution >= 4 is 11.6 Å². The molecule has 1 heterocycles. The molecule has 22 heavy (non-hydrogen) atoms. The Morgan fingerprint density at radius 2 is 2.27 bits per heavy atom. The summed E-state index contributed by atoms with van der Waals surface area (Å²) in [5.41, 5.74) is 2.35. The smallest absolute Gasteiger partial charge is 0.241 e. The average molecular weight is 306 g/mol. The highest BCUT2D eigenvalue weighted by molar-refractivity contribution is 5.75. The van der Waals surface area contributed by atoms with E-state index in [4.69, 9.17) is 5.11 Å². The van der Waals surface area contributed by atoms with E-state index in [1.54, 1.807) is 31.5 Å². The highest BCUT2D eigenvalue weighted by Gasteiger charge is 2.05. The zero-order valence-electron chi connectivity index (χ0n) is 12.3. The van der Waals surface area contributed by atoms with Crippen LogP contribution in [0.4, 0.5) is 10.1 Å². The summed E-state index contributed by atoms with van der Waals surface area (Å²) in [7, 11) is 0. The van der Waals surface area contributed by atoms with E-state index in [0.717, 1.165) is 11.3 Å². The summed E-state index contributed by atoms with van der Waals surface area (Å²) < 4.78 is 14.7. The first-order valence-corrected chi connectivity index (χ1v) is 6.97. The van der Waals surface area contributed by atoms with Gasteiger partial charge in [-0.15, -0.1) is 0 Å². The number of benzene rings is 1. The summed E-state index contributed by atoms with van der Waals surface area (Å²) in [5.74, 6) is -0.427. The molecule has 3 N–H and O–H groups in total. The highest BCUT2D eigenvalue weighted by Crippen LogP contribution is 2.12. The number of halogens is 1. The number of carbonyl (C=O) groups is 1. The first-order valence-electron chi connectivity index (χ1n) is 6.97. The number of nitrogens with one attached hydrogen (secondary N) is 2. The monoisotopic (exact) mass is 306 g/mol. The van der Waals surface area contributed by atoms with Crippen molar-refractivity contribution in [3.63, 3.8) is 0 Å². The van der Waals surface area contributed by atoms with Gasteiger partial charge in [-0.2, -0.15) is 5.10 Å². The highest BCUT2D eigenvalue weighted by atomic mass is 19.1. The van der Waals surface area contributed by atoms with Crippen molar-refractivity contribution in [2.45, 2.75) is 20.0 Å². The fourth-order valence-corrected chi connectivity index (χ4v) is 1.96. The van der Waals surface area contributed by atoms with Crippen LogP contribution in [-0.4, -0.2) is 33.9 Å². The number of nitrogens with zero attached hydrogens (tertiary/aromatic N) is 2. The molecule has 0 aliphatic heterocycles. The van der Waals surface area contributed by atoms with Crippen LogP contribution in [0.1, 0.15) is 11.1 Å². The third-order valence-corrected chi connectivity index (χ3v) is 3.09. The Kier molecular flexibility index (Phi) is 5.48. The second kappa shape index (κ2) is 7.56. The van der Waals surface area contributed by atoms with Crippen molar-refractivity contribution < 1.29 is 14.3 Å². The van der Waals surface area contributed by atoms with E-state index in [1.165, 1.54) is 10.7 Å². The number of carbonyl (C=O) groups excluding carboxylic acids is 1. The summed E-state index contributed by atoms with van der Waals surface area (Å²) in [5, 5.41) is 18.4. The minimum Gasteiger partial charge on any atom is -0.395 e. The van der Waals surface area contributed by atoms with E-state index in [-0.39, 0.29) is 31.4 Å². The fourth-order valence-electron chi connectivity index (χ4n) is 1.96. The van der Waals surface area contributed by atoms with Crippen LogP contribution >= 0.6 is 0 Å². The second-order valence-corrected chi connectivity index (χ2v) is 4.94. The lowest BCUT2D eigenvalue weighted by molar-refractivity contribution is -0.122. The van der Waals surface area contributed by atoms with Crippen molar-refractivity contribution in [3.8, 4) is 0 Å². The summed E-state index contributed by atoms with van der Waals surface area (Å²) in [6, 6.07) is 4.96. The Hall–Kier alpha value is -2.41. The Balaban J connectivity index is 1.86. The van der Waals surface area contributed by atoms with Gasteiger partial charge in [0.2, 0.25) is 5.91 Å². The topological polar surface area (TPSA) is 79.2 Å². The van der Waals surface area contributed by atoms with Gasteiger partial charge < -0.3 is 15.7 Å². The predicted octanol–water partition coefficient (Wildman–Crippen LogP) is 1.05. The molecule has 118 valence electrons. The van der Waals surface area contributed by atoms with E-state index >= 15 is 0 Å². The Labute approximate surface area is 128 Å². The van der Waals surface area contributed by atoms with E-state index < -0.39 is 0 Å². The maximum absolute atomic E-state index is 13.2. The van der Waals surface area contributed by atoms with Crippen LogP contribution in [0.25, 0.3) is 0 Å². The number of aryl methyl sites for hydroxylation is 1. The third-order valence-electron chi connectivity index (χ3n) is 3.09. The number of rotatable bonds is 7. The van der Waals surface area contributed by atoms with Crippen molar-refractivity contribution in [1.29, 1.82) is 0 Å². The number of aromatic nitrogens is 2. The van der Waals surface area contributed by atoms with Crippen LogP contribution in [0, 0.1) is 12.7 Å². The number of aliphatic hydroxyl groups is 1. The van der Waals surface area contributed by atoms with Crippen molar-refractivity contribution in [2.75, 3.05) is 18.5 Å². The zero-order chi connectivity index (χ0) is 15.9. The van der Waals surface area contributed by atoms with E-state index in [9.17, 15) is 9.18 Å². The lowest BCUT2D eigenvalue weighted by Gasteiger charge is -2.05. The van der Waals surface area contributed by atoms with Crippen LogP contribution in [0.2, 0.25) is 0 Å². The standard InChI is InChI=1S/C15H19FN4O2/c1-11-6-12(2-3-14(11)16)7-18-13-8-19-20(9-13)10-15(22)17-4-5-21/h2-3,6,8-9,18,21H,4-5,7,10H2,1H3,(H,17,22). The molecule has 0 saturated carbocycles. The maximum Gasteiger partial charge on any atom is 0.241 e. The first-order chi connectivity index (χ1) is 10.6. The second-order valence-electron chi connectivity index (χ2n) is 4.94. The molecule has 0 aliphatic rings. The van der Waals surface area contributed by atoms with Crippen LogP contribution in [-0.2, 0) is 17.9 Å². The molecule has 1 aromatic carbocycles. The zero-order valence-corrected chi connectivity index (χ0v) is 12.3. The largest absolute Gasteiger partial charge is 0.395 e. The summed E-state index contributed by atoms with van der Waals surface area (Å²) in [6.45, 7) is 2.51. The molecular weight excluding hydrogens is 287 g/mol.